The summed E-state index contributed by atoms with van der Waals surface area (Å²) in [5.41, 5.74) is 0.443. The molecule has 33 heavy (non-hydrogen) atoms. The molecule has 1 saturated heterocycles. The molecule has 2 heterocycles. The Balaban J connectivity index is 1.39. The molecule has 1 atom stereocenters. The molecular weight excluding hydrogens is 466 g/mol. The Morgan fingerprint density at radius 2 is 1.76 bits per heavy atom. The number of carbonyl (C=O) groups is 1. The number of amides is 1. The number of fused-ring (bicyclic) bond motifs is 1. The van der Waals surface area contributed by atoms with Gasteiger partial charge in [-0.1, -0.05) is 31.4 Å². The second-order valence-electron chi connectivity index (χ2n) is 8.80. The number of rotatable bonds is 5. The van der Waals surface area contributed by atoms with Gasteiger partial charge in [-0.3, -0.25) is 14.5 Å². The number of piperazine rings is 1. The van der Waals surface area contributed by atoms with Gasteiger partial charge < -0.3 is 4.90 Å². The lowest BCUT2D eigenvalue weighted by atomic mass is 9.96. The molecule has 1 amide bonds. The maximum atomic E-state index is 13.1. The van der Waals surface area contributed by atoms with Gasteiger partial charge in [-0.25, -0.2) is 8.42 Å². The minimum Gasteiger partial charge on any atom is -0.338 e. The lowest BCUT2D eigenvalue weighted by Crippen LogP contribution is -2.56. The molecule has 0 unspecified atom stereocenters. The fraction of sp³-hybridized carbons (Fsp3) is 0.619. The fourth-order valence-corrected chi connectivity index (χ4v) is 7.51. The minimum atomic E-state index is -3.68. The van der Waals surface area contributed by atoms with Crippen LogP contribution in [0.3, 0.4) is 0 Å². The highest BCUT2D eigenvalue weighted by Crippen LogP contribution is 2.26. The number of carbonyl (C=O) groups excluding carboxylic acids is 1. The van der Waals surface area contributed by atoms with Crippen molar-refractivity contribution in [3.8, 4) is 0 Å². The molecule has 0 spiro atoms. The lowest BCUT2D eigenvalue weighted by molar-refractivity contribution is -0.133. The van der Waals surface area contributed by atoms with Gasteiger partial charge in [0.1, 0.15) is 11.9 Å². The summed E-state index contributed by atoms with van der Waals surface area (Å²) in [7, 11) is -5.59. The number of aliphatic imine (C=N–C) groups is 1. The average molecular weight is 498 g/mol. The van der Waals surface area contributed by atoms with Crippen LogP contribution in [-0.2, 0) is 25.0 Å². The molecule has 1 aromatic carbocycles. The second kappa shape index (κ2) is 9.32. The van der Waals surface area contributed by atoms with Gasteiger partial charge in [0.15, 0.2) is 0 Å². The minimum absolute atomic E-state index is 0.0392. The van der Waals surface area contributed by atoms with Crippen molar-refractivity contribution < 1.29 is 21.6 Å². The highest BCUT2D eigenvalue weighted by Gasteiger charge is 2.36. The van der Waals surface area contributed by atoms with Gasteiger partial charge in [0, 0.05) is 44.8 Å². The van der Waals surface area contributed by atoms with Gasteiger partial charge in [0.05, 0.1) is 4.90 Å². The van der Waals surface area contributed by atoms with Crippen LogP contribution in [0.15, 0.2) is 34.2 Å². The summed E-state index contributed by atoms with van der Waals surface area (Å²) in [6, 6.07) is 5.73. The van der Waals surface area contributed by atoms with Crippen LogP contribution in [0.4, 0.5) is 0 Å². The zero-order chi connectivity index (χ0) is 23.8. The van der Waals surface area contributed by atoms with E-state index in [0.29, 0.717) is 5.56 Å². The molecule has 182 valence electrons. The number of hydrogen-bond acceptors (Lipinski definition) is 6. The smallest absolute Gasteiger partial charge is 0.282 e. The van der Waals surface area contributed by atoms with Crippen LogP contribution < -0.4 is 4.72 Å². The first-order valence-corrected chi connectivity index (χ1v) is 14.2. The first-order valence-electron chi connectivity index (χ1n) is 11.3. The summed E-state index contributed by atoms with van der Waals surface area (Å²) in [6.07, 6.45) is 5.03. The molecule has 1 aromatic rings. The third-order valence-corrected chi connectivity index (χ3v) is 10.1. The van der Waals surface area contributed by atoms with Gasteiger partial charge in [-0.2, -0.15) is 17.0 Å². The van der Waals surface area contributed by atoms with E-state index in [1.54, 1.807) is 37.1 Å². The van der Waals surface area contributed by atoms with Crippen molar-refractivity contribution in [3.63, 3.8) is 0 Å². The van der Waals surface area contributed by atoms with E-state index in [2.05, 4.69) is 9.71 Å². The normalized spacial score (nSPS) is 24.0. The maximum Gasteiger partial charge on any atom is 0.282 e. The Labute approximate surface area is 195 Å². The second-order valence-corrected chi connectivity index (χ2v) is 12.4. The third-order valence-electron chi connectivity index (χ3n) is 6.67. The fourth-order valence-electron chi connectivity index (χ4n) is 4.70. The molecular formula is C21H31N5O5S2. The highest BCUT2D eigenvalue weighted by atomic mass is 32.2. The zero-order valence-corrected chi connectivity index (χ0v) is 20.6. The van der Waals surface area contributed by atoms with E-state index in [4.69, 9.17) is 0 Å². The number of sulfonamides is 1. The SMILES string of the molecule is C[C@H](N=C1NS(=O)(=O)c2ccccc21)C(=O)N1CCN(S(=O)(=O)N(C)C2CCCCC2)CC1. The Kier molecular flexibility index (Phi) is 6.81. The molecule has 3 aliphatic rings. The Bertz CT molecular complexity index is 1140. The quantitative estimate of drug-likeness (QED) is 0.644. The van der Waals surface area contributed by atoms with Gasteiger partial charge in [-0.05, 0) is 31.9 Å². The molecule has 1 saturated carbocycles. The molecule has 2 fully saturated rings. The third kappa shape index (κ3) is 4.79. The molecule has 0 bridgehead atoms. The lowest BCUT2D eigenvalue weighted by Gasteiger charge is -2.39. The standard InChI is InChI=1S/C21H31N5O5S2/c1-16(22-20-18-10-6-7-11-19(18)32(28,29)23-20)21(27)25-12-14-26(15-13-25)33(30,31)24(2)17-8-4-3-5-9-17/h6-7,10-11,16-17H,3-5,8-9,12-15H2,1-2H3,(H,22,23)/t16-/m0/s1. The first kappa shape index (κ1) is 24.1. The van der Waals surface area contributed by atoms with Crippen molar-refractivity contribution in [1.82, 2.24) is 18.2 Å². The van der Waals surface area contributed by atoms with E-state index < -0.39 is 26.3 Å². The van der Waals surface area contributed by atoms with Gasteiger partial charge in [0.25, 0.3) is 20.2 Å². The molecule has 10 nitrogen and oxygen atoms in total. The van der Waals surface area contributed by atoms with Crippen molar-refractivity contribution >= 4 is 32.0 Å². The summed E-state index contributed by atoms with van der Waals surface area (Å²) < 4.78 is 56.0. The predicted molar refractivity (Wildman–Crippen MR) is 124 cm³/mol. The molecule has 1 N–H and O–H groups in total. The Morgan fingerprint density at radius 1 is 1.12 bits per heavy atom. The van der Waals surface area contributed by atoms with Crippen LogP contribution in [-0.4, -0.2) is 87.4 Å². The first-order chi connectivity index (χ1) is 15.6. The van der Waals surface area contributed by atoms with E-state index >= 15 is 0 Å². The van der Waals surface area contributed by atoms with Crippen molar-refractivity contribution in [2.24, 2.45) is 4.99 Å². The molecule has 1 aliphatic carbocycles. The number of nitrogens with one attached hydrogen (secondary N) is 1. The summed E-state index contributed by atoms with van der Waals surface area (Å²) in [4.78, 5) is 19.0. The Morgan fingerprint density at radius 3 is 2.42 bits per heavy atom. The van der Waals surface area contributed by atoms with Crippen LogP contribution in [0.25, 0.3) is 0 Å². The predicted octanol–water partition coefficient (Wildman–Crippen LogP) is 0.767. The highest BCUT2D eigenvalue weighted by molar-refractivity contribution is 7.90. The van der Waals surface area contributed by atoms with E-state index in [9.17, 15) is 21.6 Å². The summed E-state index contributed by atoms with van der Waals surface area (Å²) in [6.45, 7) is 2.61. The van der Waals surface area contributed by atoms with Crippen molar-refractivity contribution in [2.45, 2.75) is 56.0 Å². The number of amidine groups is 1. The summed E-state index contributed by atoms with van der Waals surface area (Å²) >= 11 is 0. The van der Waals surface area contributed by atoms with Gasteiger partial charge >= 0.3 is 0 Å². The van der Waals surface area contributed by atoms with Crippen molar-refractivity contribution in [2.75, 3.05) is 33.2 Å². The van der Waals surface area contributed by atoms with Crippen LogP contribution in [0.2, 0.25) is 0 Å². The van der Waals surface area contributed by atoms with Crippen LogP contribution in [0.5, 0.6) is 0 Å². The largest absolute Gasteiger partial charge is 0.338 e. The topological polar surface area (TPSA) is 119 Å². The number of nitrogens with zero attached hydrogens (tertiary/aromatic N) is 4. The van der Waals surface area contributed by atoms with Crippen LogP contribution in [0.1, 0.15) is 44.6 Å². The molecule has 2 aliphatic heterocycles. The van der Waals surface area contributed by atoms with E-state index in [0.717, 1.165) is 32.1 Å². The summed E-state index contributed by atoms with van der Waals surface area (Å²) in [5.74, 6) is -0.106. The zero-order valence-electron chi connectivity index (χ0n) is 19.0. The van der Waals surface area contributed by atoms with Gasteiger partial charge in [-0.15, -0.1) is 0 Å². The van der Waals surface area contributed by atoms with E-state index in [1.807, 2.05) is 0 Å². The summed E-state index contributed by atoms with van der Waals surface area (Å²) in [5, 5.41) is 0. The molecule has 12 heteroatoms. The monoisotopic (exact) mass is 497 g/mol. The molecule has 4 rings (SSSR count). The number of hydrogen-bond donors (Lipinski definition) is 1. The average Bonchev–Trinajstić information content (AvgIpc) is 3.08. The van der Waals surface area contributed by atoms with E-state index in [-0.39, 0.29) is 48.9 Å². The van der Waals surface area contributed by atoms with Crippen LogP contribution in [0, 0.1) is 0 Å². The molecule has 0 aromatic heterocycles. The van der Waals surface area contributed by atoms with Crippen LogP contribution >= 0.6 is 0 Å². The van der Waals surface area contributed by atoms with Gasteiger partial charge in [0.2, 0.25) is 5.91 Å². The maximum absolute atomic E-state index is 13.1. The van der Waals surface area contributed by atoms with Crippen molar-refractivity contribution in [1.29, 1.82) is 0 Å². The van der Waals surface area contributed by atoms with Crippen molar-refractivity contribution in [3.05, 3.63) is 29.8 Å². The van der Waals surface area contributed by atoms with E-state index in [1.165, 1.54) is 14.7 Å². The Hall–Kier alpha value is -2.02. The molecule has 0 radical (unpaired) electrons. The number of benzene rings is 1.